The van der Waals surface area contributed by atoms with Crippen molar-refractivity contribution >= 4 is 29.5 Å². The van der Waals surface area contributed by atoms with E-state index in [-0.39, 0.29) is 16.5 Å². The Balaban J connectivity index is 2.47. The highest BCUT2D eigenvalue weighted by Gasteiger charge is 2.46. The number of carbonyl (C=O) groups excluding carboxylic acids is 2. The van der Waals surface area contributed by atoms with E-state index in [9.17, 15) is 14.0 Å². The molecule has 0 aromatic heterocycles. The highest BCUT2D eigenvalue weighted by molar-refractivity contribution is 6.31. The molecule has 2 rings (SSSR count). The molecule has 90 valence electrons. The Hall–Kier alpha value is -1.42. The zero-order valence-electron chi connectivity index (χ0n) is 9.22. The molecule has 0 aliphatic heterocycles. The summed E-state index contributed by atoms with van der Waals surface area (Å²) in [6.45, 7) is 1.35. The van der Waals surface area contributed by atoms with E-state index in [4.69, 9.17) is 11.6 Å². The number of anilines is 1. The van der Waals surface area contributed by atoms with Gasteiger partial charge in [0.1, 0.15) is 12.1 Å². The minimum atomic E-state index is -0.748. The van der Waals surface area contributed by atoms with Gasteiger partial charge in [0.05, 0.1) is 10.4 Å². The highest BCUT2D eigenvalue weighted by atomic mass is 35.5. The molecule has 0 radical (unpaired) electrons. The van der Waals surface area contributed by atoms with Gasteiger partial charge in [0.25, 0.3) is 0 Å². The Morgan fingerprint density at radius 1 is 1.53 bits per heavy atom. The van der Waals surface area contributed by atoms with Crippen LogP contribution in [-0.4, -0.2) is 12.2 Å². The fourth-order valence-corrected chi connectivity index (χ4v) is 2.03. The highest BCUT2D eigenvalue weighted by Crippen LogP contribution is 2.48. The molecule has 0 atom stereocenters. The lowest BCUT2D eigenvalue weighted by atomic mass is 9.96. The average Bonchev–Trinajstić information content (AvgIpc) is 3.03. The Bertz CT molecular complexity index is 498. The molecule has 17 heavy (non-hydrogen) atoms. The number of hydrogen-bond donors (Lipinski definition) is 1. The predicted octanol–water partition coefficient (Wildman–Crippen LogP) is 2.67. The van der Waals surface area contributed by atoms with Crippen molar-refractivity contribution in [3.05, 3.63) is 28.5 Å². The van der Waals surface area contributed by atoms with Gasteiger partial charge < -0.3 is 10.1 Å². The molecule has 1 N–H and O–H groups in total. The van der Waals surface area contributed by atoms with Crippen LogP contribution in [0.4, 0.5) is 10.1 Å². The minimum absolute atomic E-state index is 0.0839. The van der Waals surface area contributed by atoms with Gasteiger partial charge in [0.2, 0.25) is 5.91 Å². The fraction of sp³-hybridized carbons (Fsp3) is 0.333. The van der Waals surface area contributed by atoms with Crippen LogP contribution < -0.4 is 5.32 Å². The van der Waals surface area contributed by atoms with Crippen LogP contribution in [0, 0.1) is 5.82 Å². The monoisotopic (exact) mass is 255 g/mol. The van der Waals surface area contributed by atoms with E-state index in [1.54, 1.807) is 0 Å². The van der Waals surface area contributed by atoms with E-state index < -0.39 is 11.2 Å². The predicted molar refractivity (Wildman–Crippen MR) is 62.7 cm³/mol. The summed E-state index contributed by atoms with van der Waals surface area (Å²) < 4.78 is 13.8. The largest absolute Gasteiger partial charge is 0.326 e. The van der Waals surface area contributed by atoms with E-state index in [0.29, 0.717) is 18.5 Å². The third-order valence-electron chi connectivity index (χ3n) is 2.90. The van der Waals surface area contributed by atoms with E-state index in [1.807, 2.05) is 0 Å². The summed E-state index contributed by atoms with van der Waals surface area (Å²) in [7, 11) is 0. The first-order valence-corrected chi connectivity index (χ1v) is 5.60. The molecule has 0 spiro atoms. The maximum atomic E-state index is 13.8. The van der Waals surface area contributed by atoms with Crippen molar-refractivity contribution < 1.29 is 14.0 Å². The summed E-state index contributed by atoms with van der Waals surface area (Å²) in [5.74, 6) is -0.847. The second-order valence-corrected chi connectivity index (χ2v) is 4.68. The second-order valence-electron chi connectivity index (χ2n) is 4.27. The van der Waals surface area contributed by atoms with E-state index in [1.165, 1.54) is 19.1 Å². The second kappa shape index (κ2) is 4.11. The van der Waals surface area contributed by atoms with Crippen LogP contribution in [0.5, 0.6) is 0 Å². The Morgan fingerprint density at radius 3 is 2.65 bits per heavy atom. The van der Waals surface area contributed by atoms with Gasteiger partial charge in [-0.25, -0.2) is 4.39 Å². The maximum absolute atomic E-state index is 13.8. The summed E-state index contributed by atoms with van der Waals surface area (Å²) in [5, 5.41) is 2.45. The molecule has 1 aliphatic rings. The fourth-order valence-electron chi connectivity index (χ4n) is 1.81. The first kappa shape index (κ1) is 12.0. The van der Waals surface area contributed by atoms with Gasteiger partial charge in [-0.15, -0.1) is 0 Å². The number of halogens is 2. The molecule has 5 heteroatoms. The lowest BCUT2D eigenvalue weighted by molar-refractivity contribution is -0.114. The normalized spacial score (nSPS) is 16.4. The van der Waals surface area contributed by atoms with Gasteiger partial charge in [-0.2, -0.15) is 0 Å². The van der Waals surface area contributed by atoms with Gasteiger partial charge in [-0.1, -0.05) is 11.6 Å². The van der Waals surface area contributed by atoms with Gasteiger partial charge in [0, 0.05) is 18.2 Å². The summed E-state index contributed by atoms with van der Waals surface area (Å²) in [6.07, 6.45) is 1.99. The van der Waals surface area contributed by atoms with E-state index in [0.717, 1.165) is 6.29 Å². The van der Waals surface area contributed by atoms with Crippen LogP contribution >= 0.6 is 11.6 Å². The van der Waals surface area contributed by atoms with Crippen LogP contribution in [0.25, 0.3) is 0 Å². The molecule has 1 saturated carbocycles. The first-order valence-electron chi connectivity index (χ1n) is 5.22. The Morgan fingerprint density at radius 2 is 2.18 bits per heavy atom. The third-order valence-corrected chi connectivity index (χ3v) is 3.17. The number of carbonyl (C=O) groups is 2. The summed E-state index contributed by atoms with van der Waals surface area (Å²) in [6, 6.07) is 2.81. The number of rotatable bonds is 3. The molecule has 0 unspecified atom stereocenters. The van der Waals surface area contributed by atoms with Gasteiger partial charge in [-0.05, 0) is 25.0 Å². The smallest absolute Gasteiger partial charge is 0.221 e. The SMILES string of the molecule is CC(=O)Nc1cc(Cl)c(F)c(C2(C=O)CC2)c1. The van der Waals surface area contributed by atoms with Crippen LogP contribution in [0.3, 0.4) is 0 Å². The van der Waals surface area contributed by atoms with Gasteiger partial charge in [-0.3, -0.25) is 4.79 Å². The van der Waals surface area contributed by atoms with E-state index >= 15 is 0 Å². The zero-order valence-corrected chi connectivity index (χ0v) is 9.97. The van der Waals surface area contributed by atoms with Crippen molar-refractivity contribution in [2.45, 2.75) is 25.2 Å². The van der Waals surface area contributed by atoms with Gasteiger partial charge in [0.15, 0.2) is 0 Å². The third kappa shape index (κ3) is 2.17. The first-order chi connectivity index (χ1) is 7.98. The standard InChI is InChI=1S/C12H11ClFNO2/c1-7(17)15-8-4-9(11(14)10(13)5-8)12(6-16)2-3-12/h4-6H,2-3H2,1H3,(H,15,17). The van der Waals surface area contributed by atoms with Crippen LogP contribution in [0.15, 0.2) is 12.1 Å². The Labute approximate surface area is 103 Å². The minimum Gasteiger partial charge on any atom is -0.326 e. The Kier molecular flexibility index (Phi) is 2.91. The van der Waals surface area contributed by atoms with Crippen LogP contribution in [0.1, 0.15) is 25.3 Å². The zero-order chi connectivity index (χ0) is 12.6. The van der Waals surface area contributed by atoms with E-state index in [2.05, 4.69) is 5.32 Å². The average molecular weight is 256 g/mol. The molecule has 1 aliphatic carbocycles. The van der Waals surface area contributed by atoms with Crippen molar-refractivity contribution in [3.63, 3.8) is 0 Å². The molecule has 0 heterocycles. The molecule has 3 nitrogen and oxygen atoms in total. The quantitative estimate of drug-likeness (QED) is 0.844. The molecule has 1 amide bonds. The number of aldehydes is 1. The van der Waals surface area contributed by atoms with Gasteiger partial charge >= 0.3 is 0 Å². The number of benzene rings is 1. The van der Waals surface area contributed by atoms with Crippen molar-refractivity contribution in [2.75, 3.05) is 5.32 Å². The number of hydrogen-bond acceptors (Lipinski definition) is 2. The molecule has 1 aromatic rings. The molecule has 1 aromatic carbocycles. The van der Waals surface area contributed by atoms with Crippen LogP contribution in [-0.2, 0) is 15.0 Å². The summed E-state index contributed by atoms with van der Waals surface area (Å²) in [5.41, 5.74) is -0.0712. The van der Waals surface area contributed by atoms with Crippen molar-refractivity contribution in [1.82, 2.24) is 0 Å². The molecule has 0 bridgehead atoms. The summed E-state index contributed by atoms with van der Waals surface area (Å²) >= 11 is 5.75. The maximum Gasteiger partial charge on any atom is 0.221 e. The number of nitrogens with one attached hydrogen (secondary N) is 1. The van der Waals surface area contributed by atoms with Crippen molar-refractivity contribution in [2.24, 2.45) is 0 Å². The lowest BCUT2D eigenvalue weighted by Crippen LogP contribution is -2.13. The molecular weight excluding hydrogens is 245 g/mol. The molecule has 1 fully saturated rings. The number of amides is 1. The topological polar surface area (TPSA) is 46.2 Å². The van der Waals surface area contributed by atoms with Crippen LogP contribution in [0.2, 0.25) is 5.02 Å². The molecular formula is C12H11ClFNO2. The van der Waals surface area contributed by atoms with Crippen molar-refractivity contribution in [1.29, 1.82) is 0 Å². The molecule has 0 saturated heterocycles. The summed E-state index contributed by atoms with van der Waals surface area (Å²) in [4.78, 5) is 21.9. The lowest BCUT2D eigenvalue weighted by Gasteiger charge is -2.13. The van der Waals surface area contributed by atoms with Crippen molar-refractivity contribution in [3.8, 4) is 0 Å².